The van der Waals surface area contributed by atoms with E-state index < -0.39 is 10.0 Å². The largest absolute Gasteiger partial charge is 0.367 e. The number of anilines is 2. The second-order valence-corrected chi connectivity index (χ2v) is 5.89. The first-order valence-electron chi connectivity index (χ1n) is 5.14. The van der Waals surface area contributed by atoms with E-state index >= 15 is 0 Å². The first-order valence-corrected chi connectivity index (χ1v) is 6.99. The van der Waals surface area contributed by atoms with E-state index in [-0.39, 0.29) is 5.88 Å². The van der Waals surface area contributed by atoms with Gasteiger partial charge >= 0.3 is 0 Å². The summed E-state index contributed by atoms with van der Waals surface area (Å²) in [4.78, 5) is 0. The number of nitrogens with two attached hydrogens (primary N) is 1. The van der Waals surface area contributed by atoms with Crippen molar-refractivity contribution in [1.82, 2.24) is 5.16 Å². The normalized spacial score (nSPS) is 11.4. The summed E-state index contributed by atoms with van der Waals surface area (Å²) in [6.07, 6.45) is 2.67. The summed E-state index contributed by atoms with van der Waals surface area (Å²) in [5, 5.41) is 3.59. The Morgan fingerprint density at radius 2 is 1.89 bits per heavy atom. The lowest BCUT2D eigenvalue weighted by atomic mass is 10.1. The van der Waals surface area contributed by atoms with Gasteiger partial charge in [-0.05, 0) is 17.7 Å². The standard InChI is InChI=1S/C11H13N3O3S/c1-14(18(2,15)16)9-5-3-8(4-6-9)10-7-13-17-11(10)12/h3-7H,12H2,1-2H3. The first-order chi connectivity index (χ1) is 8.39. The summed E-state index contributed by atoms with van der Waals surface area (Å²) in [6.45, 7) is 0. The zero-order chi connectivity index (χ0) is 13.3. The Kier molecular flexibility index (Phi) is 3.00. The number of hydrogen-bond donors (Lipinski definition) is 1. The molecule has 0 bridgehead atoms. The van der Waals surface area contributed by atoms with Gasteiger partial charge in [0, 0.05) is 7.05 Å². The molecule has 0 radical (unpaired) electrons. The molecule has 0 aliphatic heterocycles. The van der Waals surface area contributed by atoms with Gasteiger partial charge in [0.15, 0.2) is 0 Å². The summed E-state index contributed by atoms with van der Waals surface area (Å²) in [7, 11) is -1.75. The predicted molar refractivity (Wildman–Crippen MR) is 69.6 cm³/mol. The molecule has 1 aromatic carbocycles. The number of hydrogen-bond acceptors (Lipinski definition) is 5. The monoisotopic (exact) mass is 267 g/mol. The summed E-state index contributed by atoms with van der Waals surface area (Å²) < 4.78 is 28.7. The minimum atomic E-state index is -3.25. The molecule has 1 heterocycles. The molecule has 7 heteroatoms. The third kappa shape index (κ3) is 2.30. The molecule has 0 aliphatic carbocycles. The highest BCUT2D eigenvalue weighted by Gasteiger charge is 2.12. The highest BCUT2D eigenvalue weighted by Crippen LogP contribution is 2.27. The zero-order valence-electron chi connectivity index (χ0n) is 9.99. The average Bonchev–Trinajstić information content (AvgIpc) is 2.73. The van der Waals surface area contributed by atoms with Crippen LogP contribution in [0.5, 0.6) is 0 Å². The molecule has 2 N–H and O–H groups in total. The molecule has 0 aliphatic rings. The summed E-state index contributed by atoms with van der Waals surface area (Å²) in [5.74, 6) is 0.235. The van der Waals surface area contributed by atoms with Gasteiger partial charge in [0.25, 0.3) is 0 Å². The van der Waals surface area contributed by atoms with E-state index in [0.29, 0.717) is 11.3 Å². The summed E-state index contributed by atoms with van der Waals surface area (Å²) >= 11 is 0. The second-order valence-electron chi connectivity index (χ2n) is 3.88. The highest BCUT2D eigenvalue weighted by atomic mass is 32.2. The van der Waals surface area contributed by atoms with Crippen molar-refractivity contribution in [2.45, 2.75) is 0 Å². The van der Waals surface area contributed by atoms with Crippen LogP contribution in [0.2, 0.25) is 0 Å². The Balaban J connectivity index is 2.35. The lowest BCUT2D eigenvalue weighted by molar-refractivity contribution is 0.436. The van der Waals surface area contributed by atoms with Crippen LogP contribution in [0.15, 0.2) is 35.0 Å². The van der Waals surface area contributed by atoms with Gasteiger partial charge in [-0.3, -0.25) is 4.31 Å². The minimum Gasteiger partial charge on any atom is -0.367 e. The van der Waals surface area contributed by atoms with Crippen LogP contribution in [0.1, 0.15) is 0 Å². The number of nitrogen functional groups attached to an aromatic ring is 1. The number of aromatic nitrogens is 1. The molecule has 0 saturated carbocycles. The van der Waals surface area contributed by atoms with Crippen LogP contribution in [-0.2, 0) is 10.0 Å². The van der Waals surface area contributed by atoms with Gasteiger partial charge in [-0.15, -0.1) is 0 Å². The van der Waals surface area contributed by atoms with Crippen LogP contribution >= 0.6 is 0 Å². The molecule has 18 heavy (non-hydrogen) atoms. The maximum atomic E-state index is 11.4. The smallest absolute Gasteiger partial charge is 0.231 e. The van der Waals surface area contributed by atoms with Gasteiger partial charge < -0.3 is 10.3 Å². The summed E-state index contributed by atoms with van der Waals surface area (Å²) in [6, 6.07) is 6.92. The first kappa shape index (κ1) is 12.4. The van der Waals surface area contributed by atoms with Crippen molar-refractivity contribution in [1.29, 1.82) is 0 Å². The molecule has 6 nitrogen and oxygen atoms in total. The Labute approximate surface area is 105 Å². The molecule has 0 saturated heterocycles. The molecule has 0 amide bonds. The summed E-state index contributed by atoms with van der Waals surface area (Å²) in [5.41, 5.74) is 7.69. The maximum absolute atomic E-state index is 11.4. The van der Waals surface area contributed by atoms with Crippen LogP contribution in [0.3, 0.4) is 0 Å². The number of benzene rings is 1. The van der Waals surface area contributed by atoms with Crippen molar-refractivity contribution in [3.63, 3.8) is 0 Å². The third-order valence-electron chi connectivity index (χ3n) is 2.64. The highest BCUT2D eigenvalue weighted by molar-refractivity contribution is 7.92. The molecule has 96 valence electrons. The molecule has 1 aromatic heterocycles. The Morgan fingerprint density at radius 3 is 2.33 bits per heavy atom. The third-order valence-corrected chi connectivity index (χ3v) is 3.84. The van der Waals surface area contributed by atoms with Crippen LogP contribution in [0, 0.1) is 0 Å². The van der Waals surface area contributed by atoms with E-state index in [1.165, 1.54) is 17.5 Å². The number of nitrogens with zero attached hydrogens (tertiary/aromatic N) is 2. The van der Waals surface area contributed by atoms with Gasteiger partial charge in [0.05, 0.1) is 23.7 Å². The van der Waals surface area contributed by atoms with Crippen molar-refractivity contribution >= 4 is 21.6 Å². The van der Waals surface area contributed by atoms with Crippen molar-refractivity contribution < 1.29 is 12.9 Å². The molecule has 2 aromatic rings. The van der Waals surface area contributed by atoms with Gasteiger partial charge in [-0.2, -0.15) is 0 Å². The quantitative estimate of drug-likeness (QED) is 0.905. The van der Waals surface area contributed by atoms with E-state index in [9.17, 15) is 8.42 Å². The van der Waals surface area contributed by atoms with Crippen molar-refractivity contribution in [2.24, 2.45) is 0 Å². The molecule has 0 spiro atoms. The topological polar surface area (TPSA) is 89.4 Å². The van der Waals surface area contributed by atoms with Crippen LogP contribution in [-0.4, -0.2) is 26.9 Å². The molecule has 0 unspecified atom stereocenters. The van der Waals surface area contributed by atoms with Crippen molar-refractivity contribution in [2.75, 3.05) is 23.3 Å². The second kappa shape index (κ2) is 4.34. The van der Waals surface area contributed by atoms with Gasteiger partial charge in [0.2, 0.25) is 15.9 Å². The van der Waals surface area contributed by atoms with Crippen molar-refractivity contribution in [3.05, 3.63) is 30.5 Å². The maximum Gasteiger partial charge on any atom is 0.231 e. The van der Waals surface area contributed by atoms with E-state index in [1.807, 2.05) is 0 Å². The van der Waals surface area contributed by atoms with Gasteiger partial charge in [0.1, 0.15) is 0 Å². The van der Waals surface area contributed by atoms with Crippen LogP contribution in [0.25, 0.3) is 11.1 Å². The predicted octanol–water partition coefficient (Wildman–Crippen LogP) is 1.32. The van der Waals surface area contributed by atoms with E-state index in [4.69, 9.17) is 10.3 Å². The fraction of sp³-hybridized carbons (Fsp3) is 0.182. The van der Waals surface area contributed by atoms with E-state index in [1.54, 1.807) is 24.3 Å². The Hall–Kier alpha value is -2.02. The molecule has 0 fully saturated rings. The minimum absolute atomic E-state index is 0.235. The van der Waals surface area contributed by atoms with Crippen LogP contribution in [0.4, 0.5) is 11.6 Å². The molecule has 0 atom stereocenters. The molecular weight excluding hydrogens is 254 g/mol. The average molecular weight is 267 g/mol. The van der Waals surface area contributed by atoms with Crippen LogP contribution < -0.4 is 10.0 Å². The Bertz CT molecular complexity index is 646. The number of rotatable bonds is 3. The van der Waals surface area contributed by atoms with Gasteiger partial charge in [-0.25, -0.2) is 8.42 Å². The van der Waals surface area contributed by atoms with Crippen molar-refractivity contribution in [3.8, 4) is 11.1 Å². The van der Waals surface area contributed by atoms with E-state index in [2.05, 4.69) is 5.16 Å². The number of sulfonamides is 1. The lowest BCUT2D eigenvalue weighted by Gasteiger charge is -2.16. The molecule has 2 rings (SSSR count). The molecular formula is C11H13N3O3S. The van der Waals surface area contributed by atoms with Gasteiger partial charge in [-0.1, -0.05) is 17.3 Å². The zero-order valence-corrected chi connectivity index (χ0v) is 10.8. The fourth-order valence-corrected chi connectivity index (χ4v) is 2.01. The Morgan fingerprint density at radius 1 is 1.28 bits per heavy atom. The fourth-order valence-electron chi connectivity index (χ4n) is 1.51. The lowest BCUT2D eigenvalue weighted by Crippen LogP contribution is -2.24. The van der Waals surface area contributed by atoms with E-state index in [0.717, 1.165) is 11.8 Å². The SMILES string of the molecule is CN(c1ccc(-c2cnoc2N)cc1)S(C)(=O)=O.